The predicted octanol–water partition coefficient (Wildman–Crippen LogP) is 8.22. The first-order valence-electron chi connectivity index (χ1n) is 14.3. The molecule has 5 heteroatoms. The Kier molecular flexibility index (Phi) is 13.9. The molecule has 0 saturated heterocycles. The van der Waals surface area contributed by atoms with E-state index in [1.807, 2.05) is 18.3 Å². The Labute approximate surface area is 223 Å². The molecule has 1 aliphatic carbocycles. The Morgan fingerprint density at radius 1 is 0.838 bits per heavy atom. The van der Waals surface area contributed by atoms with Crippen molar-refractivity contribution in [1.29, 1.82) is 0 Å². The van der Waals surface area contributed by atoms with Crippen molar-refractivity contribution >= 4 is 5.97 Å². The molecule has 0 aliphatic heterocycles. The van der Waals surface area contributed by atoms with Crippen LogP contribution < -0.4 is 4.74 Å². The second-order valence-electron chi connectivity index (χ2n) is 10.0. The van der Waals surface area contributed by atoms with Crippen LogP contribution in [0.4, 0.5) is 0 Å². The van der Waals surface area contributed by atoms with E-state index in [-0.39, 0.29) is 5.97 Å². The fourth-order valence-corrected chi connectivity index (χ4v) is 4.72. The van der Waals surface area contributed by atoms with E-state index in [0.717, 1.165) is 42.9 Å². The normalized spacial score (nSPS) is 13.8. The van der Waals surface area contributed by atoms with Gasteiger partial charge in [-0.3, -0.25) is 4.98 Å². The third-order valence-electron chi connectivity index (χ3n) is 6.99. The number of esters is 1. The van der Waals surface area contributed by atoms with Gasteiger partial charge in [-0.05, 0) is 43.4 Å². The molecule has 0 N–H and O–H groups in total. The summed E-state index contributed by atoms with van der Waals surface area (Å²) in [6, 6.07) is 12.6. The first-order chi connectivity index (χ1) is 18.2. The SMILES string of the molecule is C=CC(=O)OCCCCCCCCCCCOc1ccc(-c2ccc(COC3CCCCC3)cc2)nc1. The van der Waals surface area contributed by atoms with Crippen molar-refractivity contribution in [1.82, 2.24) is 4.98 Å². The standard InChI is InChI=1S/C32H45NO4/c1-2-32(34)36-24-14-9-7-5-3-4-6-8-13-23-35-30-21-22-31(33-25-30)28-19-17-27(18-20-28)26-37-29-15-11-10-12-16-29/h2,17-22,25,29H,1,3-16,23-24,26H2. The van der Waals surface area contributed by atoms with E-state index in [1.165, 1.54) is 82.3 Å². The first kappa shape index (κ1) is 28.9. The van der Waals surface area contributed by atoms with E-state index in [9.17, 15) is 4.79 Å². The highest BCUT2D eigenvalue weighted by Crippen LogP contribution is 2.23. The lowest BCUT2D eigenvalue weighted by Gasteiger charge is -2.22. The van der Waals surface area contributed by atoms with Crippen LogP contribution in [-0.2, 0) is 20.9 Å². The number of unbranched alkanes of at least 4 members (excludes halogenated alkanes) is 8. The van der Waals surface area contributed by atoms with Crippen LogP contribution >= 0.6 is 0 Å². The fourth-order valence-electron chi connectivity index (χ4n) is 4.72. The largest absolute Gasteiger partial charge is 0.492 e. The third kappa shape index (κ3) is 12.0. The minimum atomic E-state index is -0.325. The topological polar surface area (TPSA) is 57.7 Å². The maximum absolute atomic E-state index is 10.9. The average Bonchev–Trinajstić information content (AvgIpc) is 2.95. The Morgan fingerprint density at radius 2 is 1.49 bits per heavy atom. The van der Waals surface area contributed by atoms with E-state index < -0.39 is 0 Å². The maximum atomic E-state index is 10.9. The van der Waals surface area contributed by atoms with Gasteiger partial charge in [-0.1, -0.05) is 95.1 Å². The summed E-state index contributed by atoms with van der Waals surface area (Å²) >= 11 is 0. The summed E-state index contributed by atoms with van der Waals surface area (Å²) in [5, 5.41) is 0. The third-order valence-corrected chi connectivity index (χ3v) is 6.99. The van der Waals surface area contributed by atoms with E-state index in [4.69, 9.17) is 14.2 Å². The van der Waals surface area contributed by atoms with E-state index in [1.54, 1.807) is 0 Å². The van der Waals surface area contributed by atoms with Crippen LogP contribution in [0.5, 0.6) is 5.75 Å². The highest BCUT2D eigenvalue weighted by molar-refractivity contribution is 5.81. The van der Waals surface area contributed by atoms with Crippen molar-refractivity contribution in [3.8, 4) is 17.0 Å². The number of pyridine rings is 1. The molecule has 0 spiro atoms. The highest BCUT2D eigenvalue weighted by Gasteiger charge is 2.13. The number of aromatic nitrogens is 1. The summed E-state index contributed by atoms with van der Waals surface area (Å²) in [7, 11) is 0. The number of carbonyl (C=O) groups is 1. The van der Waals surface area contributed by atoms with E-state index in [2.05, 4.69) is 35.8 Å². The Hall–Kier alpha value is -2.66. The fraction of sp³-hybridized carbons (Fsp3) is 0.562. The second-order valence-corrected chi connectivity index (χ2v) is 10.0. The Balaban J connectivity index is 1.20. The van der Waals surface area contributed by atoms with Gasteiger partial charge < -0.3 is 14.2 Å². The minimum Gasteiger partial charge on any atom is -0.492 e. The molecule has 1 aromatic heterocycles. The van der Waals surface area contributed by atoms with Crippen molar-refractivity contribution in [3.05, 3.63) is 60.8 Å². The number of hydrogen-bond acceptors (Lipinski definition) is 5. The summed E-state index contributed by atoms with van der Waals surface area (Å²) in [6.45, 7) is 5.33. The summed E-state index contributed by atoms with van der Waals surface area (Å²) < 4.78 is 17.0. The van der Waals surface area contributed by atoms with Gasteiger partial charge in [0.15, 0.2) is 0 Å². The number of nitrogens with zero attached hydrogens (tertiary/aromatic N) is 1. The lowest BCUT2D eigenvalue weighted by molar-refractivity contribution is -0.137. The number of carbonyl (C=O) groups excluding carboxylic acids is 1. The van der Waals surface area contributed by atoms with Gasteiger partial charge in [0.2, 0.25) is 0 Å². The van der Waals surface area contributed by atoms with Gasteiger partial charge in [-0.2, -0.15) is 0 Å². The van der Waals surface area contributed by atoms with Crippen LogP contribution in [0.1, 0.15) is 95.5 Å². The molecule has 0 amide bonds. The van der Waals surface area contributed by atoms with E-state index >= 15 is 0 Å². The van der Waals surface area contributed by atoms with Crippen molar-refractivity contribution in [2.45, 2.75) is 103 Å². The molecule has 3 rings (SSSR count). The predicted molar refractivity (Wildman–Crippen MR) is 150 cm³/mol. The average molecular weight is 508 g/mol. The number of hydrogen-bond donors (Lipinski definition) is 0. The van der Waals surface area contributed by atoms with Crippen LogP contribution in [0.15, 0.2) is 55.3 Å². The Bertz CT molecular complexity index is 888. The number of ether oxygens (including phenoxy) is 3. The molecule has 1 aliphatic rings. The van der Waals surface area contributed by atoms with Gasteiger partial charge in [0.25, 0.3) is 0 Å². The molecule has 37 heavy (non-hydrogen) atoms. The quantitative estimate of drug-likeness (QED) is 0.116. The molecule has 1 saturated carbocycles. The molecule has 1 aromatic carbocycles. The lowest BCUT2D eigenvalue weighted by Crippen LogP contribution is -2.16. The molecule has 0 radical (unpaired) electrons. The molecular formula is C32H45NO4. The van der Waals surface area contributed by atoms with Crippen LogP contribution in [0.25, 0.3) is 11.3 Å². The lowest BCUT2D eigenvalue weighted by atomic mass is 9.98. The summed E-state index contributed by atoms with van der Waals surface area (Å²) in [5.74, 6) is 0.508. The number of rotatable bonds is 18. The minimum absolute atomic E-state index is 0.325. The highest BCUT2D eigenvalue weighted by atomic mass is 16.5. The molecular weight excluding hydrogens is 462 g/mol. The van der Waals surface area contributed by atoms with Gasteiger partial charge in [-0.15, -0.1) is 0 Å². The van der Waals surface area contributed by atoms with Gasteiger partial charge in [0, 0.05) is 11.6 Å². The van der Waals surface area contributed by atoms with E-state index in [0.29, 0.717) is 19.3 Å². The number of benzene rings is 1. The molecule has 202 valence electrons. The van der Waals surface area contributed by atoms with Gasteiger partial charge >= 0.3 is 5.97 Å². The maximum Gasteiger partial charge on any atom is 0.330 e. The van der Waals surface area contributed by atoms with Gasteiger partial charge in [0.05, 0.1) is 37.8 Å². The molecule has 0 atom stereocenters. The Morgan fingerprint density at radius 3 is 2.11 bits per heavy atom. The van der Waals surface area contributed by atoms with Crippen molar-refractivity contribution in [2.24, 2.45) is 0 Å². The second kappa shape index (κ2) is 17.7. The van der Waals surface area contributed by atoms with Crippen molar-refractivity contribution in [2.75, 3.05) is 13.2 Å². The smallest absolute Gasteiger partial charge is 0.330 e. The van der Waals surface area contributed by atoms with Crippen molar-refractivity contribution < 1.29 is 19.0 Å². The first-order valence-corrected chi connectivity index (χ1v) is 14.3. The summed E-state index contributed by atoms with van der Waals surface area (Å²) in [4.78, 5) is 15.6. The van der Waals surface area contributed by atoms with Gasteiger partial charge in [0.1, 0.15) is 5.75 Å². The molecule has 1 fully saturated rings. The monoisotopic (exact) mass is 507 g/mol. The molecule has 1 heterocycles. The van der Waals surface area contributed by atoms with Crippen LogP contribution in [0, 0.1) is 0 Å². The zero-order valence-electron chi connectivity index (χ0n) is 22.5. The van der Waals surface area contributed by atoms with Crippen LogP contribution in [0.3, 0.4) is 0 Å². The molecule has 5 nitrogen and oxygen atoms in total. The van der Waals surface area contributed by atoms with Crippen LogP contribution in [-0.4, -0.2) is 30.3 Å². The summed E-state index contributed by atoms with van der Waals surface area (Å²) in [5.41, 5.74) is 3.30. The zero-order valence-corrected chi connectivity index (χ0v) is 22.5. The van der Waals surface area contributed by atoms with Crippen molar-refractivity contribution in [3.63, 3.8) is 0 Å². The van der Waals surface area contributed by atoms with Crippen LogP contribution in [0.2, 0.25) is 0 Å². The molecule has 0 unspecified atom stereocenters. The summed E-state index contributed by atoms with van der Waals surface area (Å²) in [6.07, 6.45) is 20.4. The zero-order chi connectivity index (χ0) is 26.0. The molecule has 0 bridgehead atoms. The van der Waals surface area contributed by atoms with Gasteiger partial charge in [-0.25, -0.2) is 4.79 Å². The molecule has 2 aromatic rings.